The highest BCUT2D eigenvalue weighted by Gasteiger charge is 2.11. The van der Waals surface area contributed by atoms with E-state index in [1.165, 1.54) is 17.7 Å². The lowest BCUT2D eigenvalue weighted by Crippen LogP contribution is -2.39. The molecule has 1 aromatic heterocycles. The second-order valence-electron chi connectivity index (χ2n) is 5.14. The molecule has 1 aromatic carbocycles. The van der Waals surface area contributed by atoms with Gasteiger partial charge in [-0.25, -0.2) is 4.79 Å². The van der Waals surface area contributed by atoms with Gasteiger partial charge in [0.15, 0.2) is 0 Å². The standard InChI is InChI=1S/C15H17Cl2N3O2/c1-9(12-5-4-10(16)6-13(12)17)18-8-11-7-14(21)20(3)15(22)19(11)2/h4-7,9,18H,8H2,1-3H3/t9-/m1/s1. The molecule has 0 aliphatic heterocycles. The Morgan fingerprint density at radius 1 is 1.14 bits per heavy atom. The zero-order chi connectivity index (χ0) is 16.4. The van der Waals surface area contributed by atoms with Gasteiger partial charge in [0, 0.05) is 48.5 Å². The summed E-state index contributed by atoms with van der Waals surface area (Å²) in [5.41, 5.74) is 0.850. The fourth-order valence-electron chi connectivity index (χ4n) is 2.17. The molecule has 22 heavy (non-hydrogen) atoms. The van der Waals surface area contributed by atoms with Gasteiger partial charge in [0.2, 0.25) is 0 Å². The van der Waals surface area contributed by atoms with Crippen molar-refractivity contribution in [2.24, 2.45) is 14.1 Å². The third-order valence-corrected chi connectivity index (χ3v) is 4.21. The fourth-order valence-corrected chi connectivity index (χ4v) is 2.74. The molecule has 0 spiro atoms. The summed E-state index contributed by atoms with van der Waals surface area (Å²) in [6.45, 7) is 2.33. The van der Waals surface area contributed by atoms with E-state index < -0.39 is 0 Å². The number of rotatable bonds is 4. The largest absolute Gasteiger partial charge is 0.330 e. The van der Waals surface area contributed by atoms with Crippen LogP contribution in [0.3, 0.4) is 0 Å². The average Bonchev–Trinajstić information content (AvgIpc) is 2.47. The van der Waals surface area contributed by atoms with Crippen LogP contribution < -0.4 is 16.6 Å². The second kappa shape index (κ2) is 6.69. The van der Waals surface area contributed by atoms with Gasteiger partial charge in [0.25, 0.3) is 5.56 Å². The van der Waals surface area contributed by atoms with Crippen molar-refractivity contribution in [1.29, 1.82) is 0 Å². The maximum absolute atomic E-state index is 11.9. The Balaban J connectivity index is 2.20. The predicted octanol–water partition coefficient (Wildman–Crippen LogP) is 2.24. The van der Waals surface area contributed by atoms with Crippen LogP contribution in [-0.4, -0.2) is 9.13 Å². The van der Waals surface area contributed by atoms with Crippen molar-refractivity contribution in [1.82, 2.24) is 14.5 Å². The van der Waals surface area contributed by atoms with Crippen LogP contribution in [-0.2, 0) is 20.6 Å². The van der Waals surface area contributed by atoms with E-state index in [2.05, 4.69) is 5.32 Å². The summed E-state index contributed by atoms with van der Waals surface area (Å²) < 4.78 is 2.52. The van der Waals surface area contributed by atoms with Gasteiger partial charge < -0.3 is 5.32 Å². The predicted molar refractivity (Wildman–Crippen MR) is 88.6 cm³/mol. The highest BCUT2D eigenvalue weighted by atomic mass is 35.5. The SMILES string of the molecule is C[C@@H](NCc1cc(=O)n(C)c(=O)n1C)c1ccc(Cl)cc1Cl. The van der Waals surface area contributed by atoms with Gasteiger partial charge in [-0.1, -0.05) is 29.3 Å². The molecule has 118 valence electrons. The molecule has 1 atom stereocenters. The van der Waals surface area contributed by atoms with E-state index in [1.807, 2.05) is 13.0 Å². The molecule has 0 saturated carbocycles. The summed E-state index contributed by atoms with van der Waals surface area (Å²) in [5.74, 6) is 0. The topological polar surface area (TPSA) is 56.0 Å². The number of benzene rings is 1. The molecule has 5 nitrogen and oxygen atoms in total. The highest BCUT2D eigenvalue weighted by Crippen LogP contribution is 2.26. The normalized spacial score (nSPS) is 12.4. The minimum absolute atomic E-state index is 0.0519. The smallest absolute Gasteiger partial charge is 0.305 e. The zero-order valence-corrected chi connectivity index (χ0v) is 14.1. The Hall–Kier alpha value is -1.56. The molecule has 0 aliphatic rings. The van der Waals surface area contributed by atoms with E-state index in [-0.39, 0.29) is 17.3 Å². The molecule has 0 unspecified atom stereocenters. The van der Waals surface area contributed by atoms with E-state index in [1.54, 1.807) is 19.2 Å². The molecule has 1 heterocycles. The van der Waals surface area contributed by atoms with E-state index in [9.17, 15) is 9.59 Å². The molecule has 0 fully saturated rings. The van der Waals surface area contributed by atoms with E-state index in [4.69, 9.17) is 23.2 Å². The van der Waals surface area contributed by atoms with Gasteiger partial charge in [-0.05, 0) is 24.6 Å². The first kappa shape index (κ1) is 16.8. The first-order valence-corrected chi connectivity index (χ1v) is 7.51. The number of nitrogens with zero attached hydrogens (tertiary/aromatic N) is 2. The molecule has 0 saturated heterocycles. The quantitative estimate of drug-likeness (QED) is 0.927. The van der Waals surface area contributed by atoms with Crippen LogP contribution in [0.4, 0.5) is 0 Å². The zero-order valence-electron chi connectivity index (χ0n) is 12.6. The van der Waals surface area contributed by atoms with Crippen LogP contribution in [0.15, 0.2) is 33.9 Å². The lowest BCUT2D eigenvalue weighted by Gasteiger charge is -2.17. The third-order valence-electron chi connectivity index (χ3n) is 3.64. The van der Waals surface area contributed by atoms with Gasteiger partial charge in [-0.3, -0.25) is 13.9 Å². The monoisotopic (exact) mass is 341 g/mol. The van der Waals surface area contributed by atoms with Crippen molar-refractivity contribution in [2.75, 3.05) is 0 Å². The number of nitrogens with one attached hydrogen (secondary N) is 1. The summed E-state index contributed by atoms with van der Waals surface area (Å²) in [6.07, 6.45) is 0. The first-order chi connectivity index (χ1) is 10.3. The van der Waals surface area contributed by atoms with Crippen LogP contribution in [0.5, 0.6) is 0 Å². The van der Waals surface area contributed by atoms with Crippen molar-refractivity contribution >= 4 is 23.2 Å². The summed E-state index contributed by atoms with van der Waals surface area (Å²) >= 11 is 12.1. The molecule has 0 bridgehead atoms. The fraction of sp³-hybridized carbons (Fsp3) is 0.333. The van der Waals surface area contributed by atoms with Crippen LogP contribution in [0.2, 0.25) is 10.0 Å². The minimum Gasteiger partial charge on any atom is -0.305 e. The van der Waals surface area contributed by atoms with Crippen LogP contribution in [0, 0.1) is 0 Å². The van der Waals surface area contributed by atoms with Gasteiger partial charge in [-0.2, -0.15) is 0 Å². The molecular formula is C15H17Cl2N3O2. The second-order valence-corrected chi connectivity index (χ2v) is 5.99. The van der Waals surface area contributed by atoms with Crippen LogP contribution >= 0.6 is 23.2 Å². The highest BCUT2D eigenvalue weighted by molar-refractivity contribution is 6.35. The third kappa shape index (κ3) is 3.43. The number of hydrogen-bond acceptors (Lipinski definition) is 3. The molecule has 2 aromatic rings. The Labute approximate surface area is 138 Å². The number of halogens is 2. The molecule has 2 rings (SSSR count). The molecular weight excluding hydrogens is 325 g/mol. The summed E-state index contributed by atoms with van der Waals surface area (Å²) in [7, 11) is 3.09. The summed E-state index contributed by atoms with van der Waals surface area (Å²) in [5, 5.41) is 4.41. The van der Waals surface area contributed by atoms with Crippen LogP contribution in [0.1, 0.15) is 24.2 Å². The van der Waals surface area contributed by atoms with Crippen molar-refractivity contribution in [2.45, 2.75) is 19.5 Å². The Kier molecular flexibility index (Phi) is 5.11. The lowest BCUT2D eigenvalue weighted by molar-refractivity contribution is 0.540. The summed E-state index contributed by atoms with van der Waals surface area (Å²) in [4.78, 5) is 23.6. The lowest BCUT2D eigenvalue weighted by atomic mass is 10.1. The van der Waals surface area contributed by atoms with Gasteiger partial charge in [0.05, 0.1) is 0 Å². The number of aromatic nitrogens is 2. The first-order valence-electron chi connectivity index (χ1n) is 6.75. The molecule has 7 heteroatoms. The van der Waals surface area contributed by atoms with Crippen molar-refractivity contribution < 1.29 is 0 Å². The van der Waals surface area contributed by atoms with Crippen molar-refractivity contribution in [3.8, 4) is 0 Å². The van der Waals surface area contributed by atoms with Crippen LogP contribution in [0.25, 0.3) is 0 Å². The average molecular weight is 342 g/mol. The molecule has 0 amide bonds. The van der Waals surface area contributed by atoms with Crippen molar-refractivity contribution in [3.63, 3.8) is 0 Å². The number of hydrogen-bond donors (Lipinski definition) is 1. The Morgan fingerprint density at radius 3 is 2.45 bits per heavy atom. The Bertz CT molecular complexity index is 811. The summed E-state index contributed by atoms with van der Waals surface area (Å²) in [6, 6.07) is 6.71. The minimum atomic E-state index is -0.346. The van der Waals surface area contributed by atoms with E-state index >= 15 is 0 Å². The maximum atomic E-state index is 11.9. The van der Waals surface area contributed by atoms with Gasteiger partial charge in [-0.15, -0.1) is 0 Å². The molecule has 0 radical (unpaired) electrons. The van der Waals surface area contributed by atoms with E-state index in [0.29, 0.717) is 22.3 Å². The maximum Gasteiger partial charge on any atom is 0.330 e. The molecule has 1 N–H and O–H groups in total. The van der Waals surface area contributed by atoms with Gasteiger partial charge >= 0.3 is 5.69 Å². The molecule has 0 aliphatic carbocycles. The van der Waals surface area contributed by atoms with Crippen molar-refractivity contribution in [3.05, 3.63) is 66.4 Å². The Morgan fingerprint density at radius 2 is 1.82 bits per heavy atom. The van der Waals surface area contributed by atoms with E-state index in [0.717, 1.165) is 10.1 Å². The van der Waals surface area contributed by atoms with Gasteiger partial charge in [0.1, 0.15) is 0 Å².